The van der Waals surface area contributed by atoms with E-state index in [2.05, 4.69) is 0 Å². The van der Waals surface area contributed by atoms with Gasteiger partial charge in [-0.25, -0.2) is 4.79 Å². The standard InChI is InChI=1S/C15H28N2O4/c1-4-20-14(18)13(16)9-12-5-7-17(8-6-12)15(19)21-10-11(2)3/h11-13H,4-10,16H2,1-3H3. The second-order valence-electron chi connectivity index (χ2n) is 6.00. The zero-order valence-electron chi connectivity index (χ0n) is 13.3. The Labute approximate surface area is 126 Å². The number of likely N-dealkylation sites (tertiary alicyclic amines) is 1. The van der Waals surface area contributed by atoms with Crippen LogP contribution in [0.2, 0.25) is 0 Å². The molecule has 1 aliphatic rings. The summed E-state index contributed by atoms with van der Waals surface area (Å²) in [6.07, 6.45) is 2.08. The first kappa shape index (κ1) is 17.8. The maximum Gasteiger partial charge on any atom is 0.409 e. The Morgan fingerprint density at radius 1 is 1.24 bits per heavy atom. The van der Waals surface area contributed by atoms with Crippen molar-refractivity contribution < 1.29 is 19.1 Å². The summed E-state index contributed by atoms with van der Waals surface area (Å²) in [4.78, 5) is 25.1. The molecule has 0 aromatic rings. The number of ether oxygens (including phenoxy) is 2. The average molecular weight is 300 g/mol. The monoisotopic (exact) mass is 300 g/mol. The number of carbonyl (C=O) groups is 2. The largest absolute Gasteiger partial charge is 0.465 e. The molecule has 0 aromatic carbocycles. The summed E-state index contributed by atoms with van der Waals surface area (Å²) < 4.78 is 10.1. The molecular formula is C15H28N2O4. The molecule has 1 atom stereocenters. The molecule has 6 heteroatoms. The first-order chi connectivity index (χ1) is 9.93. The van der Waals surface area contributed by atoms with Gasteiger partial charge in [0.15, 0.2) is 0 Å². The normalized spacial score (nSPS) is 17.7. The van der Waals surface area contributed by atoms with Gasteiger partial charge in [0, 0.05) is 13.1 Å². The van der Waals surface area contributed by atoms with E-state index in [1.807, 2.05) is 13.8 Å². The van der Waals surface area contributed by atoms with Crippen LogP contribution in [-0.4, -0.2) is 49.3 Å². The predicted octanol–water partition coefficient (Wildman–Crippen LogP) is 1.77. The molecule has 122 valence electrons. The Morgan fingerprint density at radius 3 is 2.38 bits per heavy atom. The van der Waals surface area contributed by atoms with E-state index >= 15 is 0 Å². The molecule has 0 aliphatic carbocycles. The Morgan fingerprint density at radius 2 is 1.86 bits per heavy atom. The fraction of sp³-hybridized carbons (Fsp3) is 0.867. The number of nitrogens with two attached hydrogens (primary N) is 1. The van der Waals surface area contributed by atoms with Crippen LogP contribution < -0.4 is 5.73 Å². The molecule has 1 heterocycles. The first-order valence-electron chi connectivity index (χ1n) is 7.77. The molecule has 1 fully saturated rings. The van der Waals surface area contributed by atoms with E-state index in [9.17, 15) is 9.59 Å². The highest BCUT2D eigenvalue weighted by molar-refractivity contribution is 5.75. The average Bonchev–Trinajstić information content (AvgIpc) is 2.45. The summed E-state index contributed by atoms with van der Waals surface area (Å²) in [6, 6.07) is -0.561. The van der Waals surface area contributed by atoms with Gasteiger partial charge in [0.2, 0.25) is 0 Å². The number of hydrogen-bond acceptors (Lipinski definition) is 5. The Hall–Kier alpha value is -1.30. The maximum absolute atomic E-state index is 11.8. The van der Waals surface area contributed by atoms with E-state index in [0.29, 0.717) is 44.6 Å². The summed E-state index contributed by atoms with van der Waals surface area (Å²) >= 11 is 0. The molecule has 1 saturated heterocycles. The minimum absolute atomic E-state index is 0.239. The predicted molar refractivity (Wildman–Crippen MR) is 79.7 cm³/mol. The van der Waals surface area contributed by atoms with E-state index < -0.39 is 6.04 Å². The third-order valence-electron chi connectivity index (χ3n) is 3.59. The molecule has 1 unspecified atom stereocenters. The molecule has 0 bridgehead atoms. The van der Waals surface area contributed by atoms with Crippen LogP contribution in [0.15, 0.2) is 0 Å². The van der Waals surface area contributed by atoms with Crippen LogP contribution in [0.3, 0.4) is 0 Å². The van der Waals surface area contributed by atoms with Crippen LogP contribution in [0, 0.1) is 11.8 Å². The van der Waals surface area contributed by atoms with Crippen molar-refractivity contribution in [2.24, 2.45) is 17.6 Å². The SMILES string of the molecule is CCOC(=O)C(N)CC1CCN(C(=O)OCC(C)C)CC1. The van der Waals surface area contributed by atoms with Gasteiger partial charge >= 0.3 is 12.1 Å². The van der Waals surface area contributed by atoms with E-state index in [1.54, 1.807) is 11.8 Å². The molecule has 0 spiro atoms. The summed E-state index contributed by atoms with van der Waals surface area (Å²) in [5, 5.41) is 0. The summed E-state index contributed by atoms with van der Waals surface area (Å²) in [5.41, 5.74) is 5.83. The zero-order chi connectivity index (χ0) is 15.8. The number of carbonyl (C=O) groups excluding carboxylic acids is 2. The maximum atomic E-state index is 11.8. The second-order valence-corrected chi connectivity index (χ2v) is 6.00. The molecule has 6 nitrogen and oxygen atoms in total. The van der Waals surface area contributed by atoms with E-state index in [0.717, 1.165) is 12.8 Å². The lowest BCUT2D eigenvalue weighted by Crippen LogP contribution is -2.41. The lowest BCUT2D eigenvalue weighted by molar-refractivity contribution is -0.145. The highest BCUT2D eigenvalue weighted by atomic mass is 16.6. The van der Waals surface area contributed by atoms with Crippen LogP contribution in [0.4, 0.5) is 4.79 Å². The number of amides is 1. The number of hydrogen-bond donors (Lipinski definition) is 1. The van der Waals surface area contributed by atoms with Crippen LogP contribution in [0.1, 0.15) is 40.0 Å². The molecule has 0 aromatic heterocycles. The van der Waals surface area contributed by atoms with Crippen molar-refractivity contribution in [3.63, 3.8) is 0 Å². The topological polar surface area (TPSA) is 81.9 Å². The zero-order valence-corrected chi connectivity index (χ0v) is 13.3. The van der Waals surface area contributed by atoms with E-state index in [-0.39, 0.29) is 12.1 Å². The van der Waals surface area contributed by atoms with Crippen molar-refractivity contribution in [3.05, 3.63) is 0 Å². The van der Waals surface area contributed by atoms with E-state index in [4.69, 9.17) is 15.2 Å². The van der Waals surface area contributed by atoms with Gasteiger partial charge in [0.25, 0.3) is 0 Å². The van der Waals surface area contributed by atoms with Crippen LogP contribution in [-0.2, 0) is 14.3 Å². The smallest absolute Gasteiger partial charge is 0.409 e. The van der Waals surface area contributed by atoms with Crippen LogP contribution >= 0.6 is 0 Å². The molecule has 1 amide bonds. The summed E-state index contributed by atoms with van der Waals surface area (Å²) in [7, 11) is 0. The fourth-order valence-corrected chi connectivity index (χ4v) is 2.39. The van der Waals surface area contributed by atoms with Crippen molar-refractivity contribution >= 4 is 12.1 Å². The molecule has 0 saturated carbocycles. The van der Waals surface area contributed by atoms with Gasteiger partial charge in [-0.3, -0.25) is 4.79 Å². The summed E-state index contributed by atoms with van der Waals surface area (Å²) in [6.45, 7) is 7.92. The Bertz CT molecular complexity index is 339. The molecule has 0 radical (unpaired) electrons. The summed E-state index contributed by atoms with van der Waals surface area (Å²) in [5.74, 6) is 0.365. The minimum Gasteiger partial charge on any atom is -0.465 e. The quantitative estimate of drug-likeness (QED) is 0.756. The third-order valence-corrected chi connectivity index (χ3v) is 3.59. The highest BCUT2D eigenvalue weighted by Crippen LogP contribution is 2.22. The fourth-order valence-electron chi connectivity index (χ4n) is 2.39. The lowest BCUT2D eigenvalue weighted by atomic mass is 9.90. The minimum atomic E-state index is -0.561. The first-order valence-corrected chi connectivity index (χ1v) is 7.77. The molecule has 1 rings (SSSR count). The van der Waals surface area contributed by atoms with Gasteiger partial charge in [-0.05, 0) is 38.0 Å². The van der Waals surface area contributed by atoms with Gasteiger partial charge in [0.1, 0.15) is 6.04 Å². The van der Waals surface area contributed by atoms with Gasteiger partial charge in [-0.2, -0.15) is 0 Å². The number of rotatable bonds is 6. The van der Waals surface area contributed by atoms with Crippen molar-refractivity contribution in [1.82, 2.24) is 4.90 Å². The second kappa shape index (κ2) is 8.87. The van der Waals surface area contributed by atoms with Gasteiger partial charge in [-0.15, -0.1) is 0 Å². The van der Waals surface area contributed by atoms with Gasteiger partial charge in [-0.1, -0.05) is 13.8 Å². The van der Waals surface area contributed by atoms with Crippen LogP contribution in [0.25, 0.3) is 0 Å². The Kier molecular flexibility index (Phi) is 7.50. The molecular weight excluding hydrogens is 272 g/mol. The van der Waals surface area contributed by atoms with Crippen molar-refractivity contribution in [2.75, 3.05) is 26.3 Å². The van der Waals surface area contributed by atoms with Crippen molar-refractivity contribution in [2.45, 2.75) is 46.1 Å². The van der Waals surface area contributed by atoms with Gasteiger partial charge < -0.3 is 20.1 Å². The molecule has 21 heavy (non-hydrogen) atoms. The molecule has 2 N–H and O–H groups in total. The number of esters is 1. The number of piperidine rings is 1. The van der Waals surface area contributed by atoms with Crippen molar-refractivity contribution in [1.29, 1.82) is 0 Å². The third kappa shape index (κ3) is 6.33. The lowest BCUT2D eigenvalue weighted by Gasteiger charge is -2.32. The number of nitrogens with zero attached hydrogens (tertiary/aromatic N) is 1. The van der Waals surface area contributed by atoms with Gasteiger partial charge in [0.05, 0.1) is 13.2 Å². The Balaban J connectivity index is 2.28. The van der Waals surface area contributed by atoms with E-state index in [1.165, 1.54) is 0 Å². The van der Waals surface area contributed by atoms with Crippen molar-refractivity contribution in [3.8, 4) is 0 Å². The molecule has 1 aliphatic heterocycles. The van der Waals surface area contributed by atoms with Crippen LogP contribution in [0.5, 0.6) is 0 Å². The highest BCUT2D eigenvalue weighted by Gasteiger charge is 2.27.